The van der Waals surface area contributed by atoms with Crippen LogP contribution in [0.3, 0.4) is 0 Å². The smallest absolute Gasteiger partial charge is 0.274 e. The van der Waals surface area contributed by atoms with Gasteiger partial charge in [0.25, 0.3) is 5.91 Å². The second-order valence-electron chi connectivity index (χ2n) is 2.67. The Morgan fingerprint density at radius 3 is 3.08 bits per heavy atom. The van der Waals surface area contributed by atoms with Gasteiger partial charge in [-0.05, 0) is 0 Å². The summed E-state index contributed by atoms with van der Waals surface area (Å²) in [4.78, 5) is 13.0. The highest BCUT2D eigenvalue weighted by molar-refractivity contribution is 5.96. The van der Waals surface area contributed by atoms with Crippen molar-refractivity contribution in [1.82, 2.24) is 15.1 Å². The Hall–Kier alpha value is -1.78. The molecule has 0 saturated heterocycles. The predicted octanol–water partition coefficient (Wildman–Crippen LogP) is 0.250. The molecule has 5 heteroatoms. The third-order valence-corrected chi connectivity index (χ3v) is 1.63. The maximum atomic E-state index is 11.5. The van der Waals surface area contributed by atoms with Gasteiger partial charge in [0.05, 0.1) is 11.9 Å². The van der Waals surface area contributed by atoms with Crippen molar-refractivity contribution in [3.05, 3.63) is 24.5 Å². The summed E-state index contributed by atoms with van der Waals surface area (Å²) in [5, 5.41) is 6.21. The normalized spacial score (nSPS) is 9.62. The molecule has 1 heterocycles. The van der Waals surface area contributed by atoms with E-state index in [4.69, 9.17) is 5.73 Å². The molecule has 0 atom stereocenters. The molecule has 0 aromatic carbocycles. The summed E-state index contributed by atoms with van der Waals surface area (Å²) in [6.07, 6.45) is 3.06. The standard InChI is InChI=1S/C8H12N4O/c1-3-4-12(2)8(13)7-6(9)5-10-11-7/h3,5H,1,4,9H2,2H3,(H,10,11). The van der Waals surface area contributed by atoms with Gasteiger partial charge in [-0.1, -0.05) is 6.08 Å². The molecule has 0 aliphatic rings. The van der Waals surface area contributed by atoms with Crippen LogP contribution in [0.15, 0.2) is 18.9 Å². The molecule has 0 aliphatic carbocycles. The van der Waals surface area contributed by atoms with Crippen LogP contribution in [0.25, 0.3) is 0 Å². The van der Waals surface area contributed by atoms with Crippen molar-refractivity contribution < 1.29 is 4.79 Å². The molecule has 0 radical (unpaired) electrons. The first kappa shape index (κ1) is 9.31. The molecule has 3 N–H and O–H groups in total. The van der Waals surface area contributed by atoms with Crippen LogP contribution >= 0.6 is 0 Å². The van der Waals surface area contributed by atoms with E-state index in [2.05, 4.69) is 16.8 Å². The molecule has 1 aromatic heterocycles. The number of nitrogens with two attached hydrogens (primary N) is 1. The summed E-state index contributed by atoms with van der Waals surface area (Å²) in [6.45, 7) is 4.02. The lowest BCUT2D eigenvalue weighted by Gasteiger charge is -2.13. The zero-order chi connectivity index (χ0) is 9.84. The summed E-state index contributed by atoms with van der Waals surface area (Å²) in [5.74, 6) is -0.185. The van der Waals surface area contributed by atoms with Gasteiger partial charge in [-0.15, -0.1) is 6.58 Å². The van der Waals surface area contributed by atoms with E-state index >= 15 is 0 Å². The summed E-state index contributed by atoms with van der Waals surface area (Å²) < 4.78 is 0. The van der Waals surface area contributed by atoms with Crippen molar-refractivity contribution in [2.24, 2.45) is 0 Å². The van der Waals surface area contributed by atoms with E-state index in [0.717, 1.165) is 0 Å². The molecule has 0 unspecified atom stereocenters. The summed E-state index contributed by atoms with van der Waals surface area (Å²) in [6, 6.07) is 0. The number of amides is 1. The number of rotatable bonds is 3. The highest BCUT2D eigenvalue weighted by Crippen LogP contribution is 2.08. The van der Waals surface area contributed by atoms with E-state index in [0.29, 0.717) is 17.9 Å². The maximum absolute atomic E-state index is 11.5. The molecule has 0 spiro atoms. The van der Waals surface area contributed by atoms with Crippen molar-refractivity contribution in [3.63, 3.8) is 0 Å². The number of nitrogens with one attached hydrogen (secondary N) is 1. The van der Waals surface area contributed by atoms with Crippen molar-refractivity contribution >= 4 is 11.6 Å². The average molecular weight is 180 g/mol. The number of hydrogen-bond donors (Lipinski definition) is 2. The highest BCUT2D eigenvalue weighted by atomic mass is 16.2. The van der Waals surface area contributed by atoms with Gasteiger partial charge in [-0.25, -0.2) is 0 Å². The fourth-order valence-electron chi connectivity index (χ4n) is 0.934. The number of likely N-dealkylation sites (N-methyl/N-ethyl adjacent to an activating group) is 1. The van der Waals surface area contributed by atoms with Gasteiger partial charge in [-0.2, -0.15) is 5.10 Å². The monoisotopic (exact) mass is 180 g/mol. The van der Waals surface area contributed by atoms with Gasteiger partial charge >= 0.3 is 0 Å². The number of nitrogens with zero attached hydrogens (tertiary/aromatic N) is 2. The average Bonchev–Trinajstić information content (AvgIpc) is 2.50. The lowest BCUT2D eigenvalue weighted by atomic mass is 10.3. The molecule has 0 aliphatic heterocycles. The lowest BCUT2D eigenvalue weighted by Crippen LogP contribution is -2.27. The minimum absolute atomic E-state index is 0.185. The van der Waals surface area contributed by atoms with Crippen molar-refractivity contribution in [2.75, 3.05) is 19.3 Å². The predicted molar refractivity (Wildman–Crippen MR) is 50.2 cm³/mol. The summed E-state index contributed by atoms with van der Waals surface area (Å²) in [5.41, 5.74) is 6.19. The van der Waals surface area contributed by atoms with Crippen molar-refractivity contribution in [3.8, 4) is 0 Å². The largest absolute Gasteiger partial charge is 0.396 e. The van der Waals surface area contributed by atoms with E-state index in [1.165, 1.54) is 11.1 Å². The molecule has 1 amide bonds. The quantitative estimate of drug-likeness (QED) is 0.655. The second kappa shape index (κ2) is 3.75. The van der Waals surface area contributed by atoms with Gasteiger partial charge < -0.3 is 10.6 Å². The van der Waals surface area contributed by atoms with Crippen molar-refractivity contribution in [2.45, 2.75) is 0 Å². The molecular weight excluding hydrogens is 168 g/mol. The number of nitrogen functional groups attached to an aromatic ring is 1. The number of H-pyrrole nitrogens is 1. The first-order valence-corrected chi connectivity index (χ1v) is 3.82. The number of anilines is 1. The first-order valence-electron chi connectivity index (χ1n) is 3.82. The first-order chi connectivity index (χ1) is 6.16. The fourth-order valence-corrected chi connectivity index (χ4v) is 0.934. The molecule has 0 saturated carbocycles. The number of carbonyl (C=O) groups is 1. The zero-order valence-corrected chi connectivity index (χ0v) is 7.45. The molecule has 13 heavy (non-hydrogen) atoms. The van der Waals surface area contributed by atoms with E-state index in [9.17, 15) is 4.79 Å². The fraction of sp³-hybridized carbons (Fsp3) is 0.250. The number of aromatic amines is 1. The zero-order valence-electron chi connectivity index (χ0n) is 7.45. The Bertz CT molecular complexity index is 318. The van der Waals surface area contributed by atoms with Crippen LogP contribution in [0.5, 0.6) is 0 Å². The van der Waals surface area contributed by atoms with E-state index in [1.54, 1.807) is 13.1 Å². The van der Waals surface area contributed by atoms with Crippen LogP contribution in [-0.4, -0.2) is 34.6 Å². The molecule has 5 nitrogen and oxygen atoms in total. The Morgan fingerprint density at radius 2 is 2.62 bits per heavy atom. The van der Waals surface area contributed by atoms with Gasteiger partial charge in [0, 0.05) is 13.6 Å². The van der Waals surface area contributed by atoms with Crippen molar-refractivity contribution in [1.29, 1.82) is 0 Å². The van der Waals surface area contributed by atoms with Crippen LogP contribution < -0.4 is 5.73 Å². The lowest BCUT2D eigenvalue weighted by molar-refractivity contribution is 0.0805. The molecule has 1 aromatic rings. The molecular formula is C8H12N4O. The molecule has 0 fully saturated rings. The minimum Gasteiger partial charge on any atom is -0.396 e. The topological polar surface area (TPSA) is 75.0 Å². The molecule has 0 bridgehead atoms. The van der Waals surface area contributed by atoms with Crippen LogP contribution in [0.1, 0.15) is 10.5 Å². The Kier molecular flexibility index (Phi) is 2.69. The van der Waals surface area contributed by atoms with Crippen LogP contribution in [0.2, 0.25) is 0 Å². The minimum atomic E-state index is -0.185. The summed E-state index contributed by atoms with van der Waals surface area (Å²) >= 11 is 0. The van der Waals surface area contributed by atoms with Gasteiger partial charge in [0.1, 0.15) is 5.69 Å². The third kappa shape index (κ3) is 1.87. The van der Waals surface area contributed by atoms with E-state index in [-0.39, 0.29) is 5.91 Å². The van der Waals surface area contributed by atoms with Gasteiger partial charge in [0.15, 0.2) is 0 Å². The third-order valence-electron chi connectivity index (χ3n) is 1.63. The van der Waals surface area contributed by atoms with E-state index in [1.807, 2.05) is 0 Å². The second-order valence-corrected chi connectivity index (χ2v) is 2.67. The number of hydrogen-bond acceptors (Lipinski definition) is 3. The summed E-state index contributed by atoms with van der Waals surface area (Å²) in [7, 11) is 1.67. The van der Waals surface area contributed by atoms with Gasteiger partial charge in [-0.3, -0.25) is 9.89 Å². The Labute approximate surface area is 76.2 Å². The van der Waals surface area contributed by atoms with Crippen LogP contribution in [0.4, 0.5) is 5.69 Å². The number of aromatic nitrogens is 2. The highest BCUT2D eigenvalue weighted by Gasteiger charge is 2.14. The van der Waals surface area contributed by atoms with Crippen LogP contribution in [0, 0.1) is 0 Å². The molecule has 70 valence electrons. The number of carbonyl (C=O) groups excluding carboxylic acids is 1. The van der Waals surface area contributed by atoms with E-state index < -0.39 is 0 Å². The Morgan fingerprint density at radius 1 is 1.92 bits per heavy atom. The van der Waals surface area contributed by atoms with Crippen LogP contribution in [-0.2, 0) is 0 Å². The SMILES string of the molecule is C=CCN(C)C(=O)c1[nH]ncc1N. The van der Waals surface area contributed by atoms with Gasteiger partial charge in [0.2, 0.25) is 0 Å². The molecule has 1 rings (SSSR count). The Balaban J connectivity index is 2.79. The maximum Gasteiger partial charge on any atom is 0.274 e.